The van der Waals surface area contributed by atoms with Crippen molar-refractivity contribution in [2.24, 2.45) is 0 Å². The Hall–Kier alpha value is -1.19. The molecule has 19 heavy (non-hydrogen) atoms. The molecule has 0 aliphatic rings. The molecule has 102 valence electrons. The minimum Gasteiger partial charge on any atom is -0.306 e. The minimum absolute atomic E-state index is 0.130. The molecule has 0 amide bonds. The molecule has 3 heteroatoms. The van der Waals surface area contributed by atoms with Crippen molar-refractivity contribution in [3.05, 3.63) is 39.7 Å². The van der Waals surface area contributed by atoms with Crippen molar-refractivity contribution < 1.29 is 0 Å². The van der Waals surface area contributed by atoms with E-state index in [1.165, 1.54) is 16.7 Å². The van der Waals surface area contributed by atoms with E-state index in [0.717, 1.165) is 17.2 Å². The van der Waals surface area contributed by atoms with Crippen molar-refractivity contribution in [2.45, 2.75) is 46.7 Å². The Balaban J connectivity index is 2.19. The Morgan fingerprint density at radius 1 is 1.21 bits per heavy atom. The average molecular weight is 274 g/mol. The maximum absolute atomic E-state index is 4.74. The van der Waals surface area contributed by atoms with Gasteiger partial charge in [0.2, 0.25) is 0 Å². The molecule has 0 fully saturated rings. The van der Waals surface area contributed by atoms with E-state index in [0.29, 0.717) is 0 Å². The summed E-state index contributed by atoms with van der Waals surface area (Å²) in [6.07, 6.45) is 0. The molecule has 0 atom stereocenters. The van der Waals surface area contributed by atoms with Crippen LogP contribution in [0.15, 0.2) is 23.6 Å². The van der Waals surface area contributed by atoms with Gasteiger partial charge in [-0.05, 0) is 46.2 Å². The van der Waals surface area contributed by atoms with E-state index in [9.17, 15) is 0 Å². The van der Waals surface area contributed by atoms with Gasteiger partial charge in [-0.2, -0.15) is 0 Å². The molecule has 2 aromatic rings. The number of aryl methyl sites for hydroxylation is 2. The van der Waals surface area contributed by atoms with Crippen LogP contribution in [0, 0.1) is 13.8 Å². The number of nitrogens with one attached hydrogen (secondary N) is 1. The molecule has 2 nitrogen and oxygen atoms in total. The Bertz CT molecular complexity index is 564. The number of thiazole rings is 1. The quantitative estimate of drug-likeness (QED) is 0.902. The molecular weight excluding hydrogens is 252 g/mol. The zero-order valence-electron chi connectivity index (χ0n) is 12.4. The van der Waals surface area contributed by atoms with Gasteiger partial charge in [0.25, 0.3) is 0 Å². The highest BCUT2D eigenvalue weighted by atomic mass is 32.1. The van der Waals surface area contributed by atoms with Crippen LogP contribution in [0.2, 0.25) is 0 Å². The molecule has 2 rings (SSSR count). The molecule has 0 spiro atoms. The zero-order valence-corrected chi connectivity index (χ0v) is 13.2. The molecule has 1 aromatic heterocycles. The second-order valence-corrected chi connectivity index (χ2v) is 6.99. The number of hydrogen-bond donors (Lipinski definition) is 1. The van der Waals surface area contributed by atoms with Gasteiger partial charge in [-0.1, -0.05) is 17.7 Å². The van der Waals surface area contributed by atoms with E-state index in [1.54, 1.807) is 11.3 Å². The summed E-state index contributed by atoms with van der Waals surface area (Å²) in [7, 11) is 0. The fourth-order valence-electron chi connectivity index (χ4n) is 1.87. The van der Waals surface area contributed by atoms with Crippen LogP contribution in [-0.2, 0) is 6.54 Å². The van der Waals surface area contributed by atoms with Crippen LogP contribution in [0.1, 0.15) is 36.9 Å². The number of aromatic nitrogens is 1. The van der Waals surface area contributed by atoms with Crippen molar-refractivity contribution in [2.75, 3.05) is 0 Å². The SMILES string of the molecule is Cc1ccc(C)c(-c2csc(CNC(C)(C)C)n2)c1. The first-order chi connectivity index (χ1) is 8.85. The van der Waals surface area contributed by atoms with Crippen molar-refractivity contribution in [1.82, 2.24) is 10.3 Å². The van der Waals surface area contributed by atoms with Crippen LogP contribution < -0.4 is 5.32 Å². The molecule has 0 saturated heterocycles. The first-order valence-electron chi connectivity index (χ1n) is 6.62. The van der Waals surface area contributed by atoms with Crippen LogP contribution in [0.25, 0.3) is 11.3 Å². The lowest BCUT2D eigenvalue weighted by Crippen LogP contribution is -2.34. The van der Waals surface area contributed by atoms with Gasteiger partial charge < -0.3 is 5.32 Å². The topological polar surface area (TPSA) is 24.9 Å². The van der Waals surface area contributed by atoms with Crippen LogP contribution >= 0.6 is 11.3 Å². The standard InChI is InChI=1S/C16H22N2S/c1-11-6-7-12(2)13(8-11)14-10-19-15(18-14)9-17-16(3,4)5/h6-8,10,17H,9H2,1-5H3. The highest BCUT2D eigenvalue weighted by molar-refractivity contribution is 7.09. The van der Waals surface area contributed by atoms with Crippen molar-refractivity contribution in [3.63, 3.8) is 0 Å². The number of hydrogen-bond acceptors (Lipinski definition) is 3. The van der Waals surface area contributed by atoms with Crippen LogP contribution in [0.5, 0.6) is 0 Å². The molecule has 0 radical (unpaired) electrons. The maximum atomic E-state index is 4.74. The molecule has 0 aliphatic heterocycles. The van der Waals surface area contributed by atoms with Crippen molar-refractivity contribution in [3.8, 4) is 11.3 Å². The molecule has 0 bridgehead atoms. The maximum Gasteiger partial charge on any atom is 0.107 e. The van der Waals surface area contributed by atoms with E-state index < -0.39 is 0 Å². The summed E-state index contributed by atoms with van der Waals surface area (Å²) in [4.78, 5) is 4.74. The third-order valence-corrected chi connectivity index (χ3v) is 3.84. The summed E-state index contributed by atoms with van der Waals surface area (Å²) in [6, 6.07) is 6.52. The molecule has 1 N–H and O–H groups in total. The Morgan fingerprint density at radius 3 is 2.63 bits per heavy atom. The number of nitrogens with zero attached hydrogens (tertiary/aromatic N) is 1. The van der Waals surface area contributed by atoms with Crippen molar-refractivity contribution >= 4 is 11.3 Å². The molecule has 0 saturated carbocycles. The normalized spacial score (nSPS) is 11.8. The fraction of sp³-hybridized carbons (Fsp3) is 0.438. The molecular formula is C16H22N2S. The van der Waals surface area contributed by atoms with Gasteiger partial charge in [-0.3, -0.25) is 0 Å². The fourth-order valence-corrected chi connectivity index (χ4v) is 2.60. The summed E-state index contributed by atoms with van der Waals surface area (Å²) < 4.78 is 0. The summed E-state index contributed by atoms with van der Waals surface area (Å²) in [5.74, 6) is 0. The van der Waals surface area contributed by atoms with Gasteiger partial charge in [-0.15, -0.1) is 11.3 Å². The zero-order chi connectivity index (χ0) is 14.0. The predicted molar refractivity (Wildman–Crippen MR) is 83.6 cm³/mol. The third-order valence-electron chi connectivity index (χ3n) is 2.99. The van der Waals surface area contributed by atoms with E-state index in [2.05, 4.69) is 63.5 Å². The van der Waals surface area contributed by atoms with Gasteiger partial charge in [0, 0.05) is 23.0 Å². The van der Waals surface area contributed by atoms with Gasteiger partial charge in [0.05, 0.1) is 5.69 Å². The second-order valence-electron chi connectivity index (χ2n) is 6.05. The van der Waals surface area contributed by atoms with Crippen LogP contribution in [-0.4, -0.2) is 10.5 Å². The van der Waals surface area contributed by atoms with Crippen molar-refractivity contribution in [1.29, 1.82) is 0 Å². The minimum atomic E-state index is 0.130. The lowest BCUT2D eigenvalue weighted by atomic mass is 10.0. The predicted octanol–water partition coefficient (Wildman–Crippen LogP) is 4.32. The first kappa shape index (κ1) is 14.2. The Morgan fingerprint density at radius 2 is 1.95 bits per heavy atom. The van der Waals surface area contributed by atoms with Gasteiger partial charge >= 0.3 is 0 Å². The van der Waals surface area contributed by atoms with E-state index in [4.69, 9.17) is 4.98 Å². The third kappa shape index (κ3) is 3.88. The highest BCUT2D eigenvalue weighted by Gasteiger charge is 2.11. The summed E-state index contributed by atoms with van der Waals surface area (Å²) in [5, 5.41) is 6.78. The Kier molecular flexibility index (Phi) is 4.07. The largest absolute Gasteiger partial charge is 0.306 e. The summed E-state index contributed by atoms with van der Waals surface area (Å²) in [6.45, 7) is 11.6. The molecule has 1 heterocycles. The lowest BCUT2D eigenvalue weighted by molar-refractivity contribution is 0.424. The van der Waals surface area contributed by atoms with E-state index in [-0.39, 0.29) is 5.54 Å². The van der Waals surface area contributed by atoms with E-state index in [1.807, 2.05) is 0 Å². The number of rotatable bonds is 3. The highest BCUT2D eigenvalue weighted by Crippen LogP contribution is 2.26. The summed E-state index contributed by atoms with van der Waals surface area (Å²) >= 11 is 1.73. The average Bonchev–Trinajstić information content (AvgIpc) is 2.77. The lowest BCUT2D eigenvalue weighted by Gasteiger charge is -2.19. The van der Waals surface area contributed by atoms with Crippen LogP contribution in [0.3, 0.4) is 0 Å². The van der Waals surface area contributed by atoms with Gasteiger partial charge in [0.15, 0.2) is 0 Å². The van der Waals surface area contributed by atoms with Gasteiger partial charge in [-0.25, -0.2) is 4.98 Å². The molecule has 1 aromatic carbocycles. The van der Waals surface area contributed by atoms with Crippen LogP contribution in [0.4, 0.5) is 0 Å². The number of benzene rings is 1. The van der Waals surface area contributed by atoms with Gasteiger partial charge in [0.1, 0.15) is 5.01 Å². The molecule has 0 aliphatic carbocycles. The first-order valence-corrected chi connectivity index (χ1v) is 7.50. The monoisotopic (exact) mass is 274 g/mol. The molecule has 0 unspecified atom stereocenters. The van der Waals surface area contributed by atoms with E-state index >= 15 is 0 Å². The second kappa shape index (κ2) is 5.43. The Labute approximate surface area is 119 Å². The summed E-state index contributed by atoms with van der Waals surface area (Å²) in [5.41, 5.74) is 5.04. The smallest absolute Gasteiger partial charge is 0.107 e.